The molecule has 4 atom stereocenters. The first-order valence-corrected chi connectivity index (χ1v) is 9.92. The first-order valence-electron chi connectivity index (χ1n) is 8.39. The number of aliphatic imine (C=N–C) groups is 1. The zero-order valence-corrected chi connectivity index (χ0v) is 15.9. The first kappa shape index (κ1) is 19.9. The quantitative estimate of drug-likeness (QED) is 0.333. The average molecular weight is 427 g/mol. The van der Waals surface area contributed by atoms with Crippen molar-refractivity contribution in [3.8, 4) is 0 Å². The van der Waals surface area contributed by atoms with Gasteiger partial charge in [0.1, 0.15) is 29.4 Å². The minimum Gasteiger partial charge on any atom is -0.398 e. The average Bonchev–Trinajstić information content (AvgIpc) is 3.05. The summed E-state index contributed by atoms with van der Waals surface area (Å²) in [5.41, 5.74) is 3.69. The molecule has 0 spiro atoms. The number of hydrogen-bond donors (Lipinski definition) is 6. The van der Waals surface area contributed by atoms with E-state index in [4.69, 9.17) is 20.3 Å². The number of aromatic nitrogens is 2. The topological polar surface area (TPSA) is 202 Å². The number of nitrogen functional groups attached to an aromatic ring is 1. The van der Waals surface area contributed by atoms with Gasteiger partial charge in [-0.1, -0.05) is 0 Å². The Kier molecular flexibility index (Phi) is 4.51. The molecule has 7 N–H and O–H groups in total. The highest BCUT2D eigenvalue weighted by molar-refractivity contribution is 7.46. The molecule has 156 valence electrons. The maximum atomic E-state index is 11.8. The second-order valence-electron chi connectivity index (χ2n) is 6.93. The number of rotatable bonds is 4. The standard InChI is InChI=1S/C15H18N5O8P/c1-15(23)11(22)8(4-27-29(24,25)26)28-14(15)20-3-6-7(16)2-9(21)19-12-10(6)13(20)18-5-17-12/h2-3,5,8,11,14,22-23H,4,16H2,1H3,(H2,24,25,26)(H,17,18,19,21)/t8-,11-,14-,15-/m1/s1. The number of nitrogens with two attached hydrogens (primary N) is 1. The van der Waals surface area contributed by atoms with E-state index < -0.39 is 44.0 Å². The largest absolute Gasteiger partial charge is 0.469 e. The Morgan fingerprint density at radius 1 is 1.48 bits per heavy atom. The molecule has 1 saturated heterocycles. The summed E-state index contributed by atoms with van der Waals surface area (Å²) in [6.07, 6.45) is -1.17. The molecule has 0 amide bonds. The molecule has 2 aliphatic heterocycles. The number of phosphoric acid groups is 1. The molecule has 0 saturated carbocycles. The lowest BCUT2D eigenvalue weighted by atomic mass is 9.96. The number of nitrogens with one attached hydrogen (secondary N) is 1. The van der Waals surface area contributed by atoms with Crippen molar-refractivity contribution in [1.82, 2.24) is 9.55 Å². The van der Waals surface area contributed by atoms with Gasteiger partial charge in [-0.05, 0) is 6.92 Å². The fourth-order valence-electron chi connectivity index (χ4n) is 3.49. The molecule has 2 aromatic heterocycles. The highest BCUT2D eigenvalue weighted by atomic mass is 31.2. The Hall–Kier alpha value is -2.38. The summed E-state index contributed by atoms with van der Waals surface area (Å²) in [6.45, 7) is 0.656. The van der Waals surface area contributed by atoms with E-state index in [-0.39, 0.29) is 17.3 Å². The summed E-state index contributed by atoms with van der Waals surface area (Å²) < 4.78 is 22.5. The van der Waals surface area contributed by atoms with Crippen molar-refractivity contribution >= 4 is 42.3 Å². The summed E-state index contributed by atoms with van der Waals surface area (Å²) in [5.74, 6) is 0.475. The van der Waals surface area contributed by atoms with Crippen LogP contribution in [0.5, 0.6) is 0 Å². The van der Waals surface area contributed by atoms with Crippen LogP contribution in [-0.4, -0.2) is 60.3 Å². The second-order valence-corrected chi connectivity index (χ2v) is 8.17. The lowest BCUT2D eigenvalue weighted by Gasteiger charge is -2.28. The van der Waals surface area contributed by atoms with Gasteiger partial charge in [-0.2, -0.15) is 4.98 Å². The van der Waals surface area contributed by atoms with Crippen molar-refractivity contribution in [2.75, 3.05) is 17.7 Å². The summed E-state index contributed by atoms with van der Waals surface area (Å²) >= 11 is 0. The Balaban J connectivity index is 1.81. The zero-order valence-electron chi connectivity index (χ0n) is 15.0. The molecule has 14 heteroatoms. The van der Waals surface area contributed by atoms with E-state index in [9.17, 15) is 19.6 Å². The molecule has 2 aromatic rings. The number of aliphatic hydroxyl groups is 2. The summed E-state index contributed by atoms with van der Waals surface area (Å²) in [6, 6.07) is 1.14. The van der Waals surface area contributed by atoms with E-state index in [1.54, 1.807) is 0 Å². The monoisotopic (exact) mass is 427 g/mol. The van der Waals surface area contributed by atoms with Crippen molar-refractivity contribution in [3.05, 3.63) is 22.6 Å². The van der Waals surface area contributed by atoms with Crippen molar-refractivity contribution < 1.29 is 33.8 Å². The van der Waals surface area contributed by atoms with E-state index in [0.717, 1.165) is 6.07 Å². The molecular weight excluding hydrogens is 409 g/mol. The van der Waals surface area contributed by atoms with E-state index in [2.05, 4.69) is 19.8 Å². The summed E-state index contributed by atoms with van der Waals surface area (Å²) in [7, 11) is -4.80. The molecule has 2 aliphatic rings. The summed E-state index contributed by atoms with van der Waals surface area (Å²) in [5, 5.41) is 24.9. The van der Waals surface area contributed by atoms with Crippen LogP contribution in [0.4, 0.5) is 17.3 Å². The predicted octanol–water partition coefficient (Wildman–Crippen LogP) is -0.817. The Morgan fingerprint density at radius 2 is 2.21 bits per heavy atom. The Bertz CT molecular complexity index is 1130. The van der Waals surface area contributed by atoms with Crippen LogP contribution in [0.25, 0.3) is 10.8 Å². The van der Waals surface area contributed by atoms with Crippen LogP contribution in [0.2, 0.25) is 0 Å². The zero-order chi connectivity index (χ0) is 21.1. The van der Waals surface area contributed by atoms with Gasteiger partial charge in [0.15, 0.2) is 6.23 Å². The van der Waals surface area contributed by atoms with Gasteiger partial charge >= 0.3 is 7.82 Å². The first-order chi connectivity index (χ1) is 13.5. The number of hydrogen-bond acceptors (Lipinski definition) is 10. The van der Waals surface area contributed by atoms with Crippen molar-refractivity contribution in [2.45, 2.75) is 31.0 Å². The lowest BCUT2D eigenvalue weighted by molar-refractivity contribution is -0.0954. The third kappa shape index (κ3) is 3.32. The molecule has 4 heterocycles. The van der Waals surface area contributed by atoms with Crippen LogP contribution in [0.3, 0.4) is 0 Å². The predicted molar refractivity (Wildman–Crippen MR) is 101 cm³/mol. The minimum absolute atomic E-state index is 0.127. The van der Waals surface area contributed by atoms with Crippen LogP contribution in [0.15, 0.2) is 22.1 Å². The van der Waals surface area contributed by atoms with Gasteiger partial charge in [-0.25, -0.2) is 9.56 Å². The number of ether oxygens (including phenoxy) is 1. The van der Waals surface area contributed by atoms with Crippen LogP contribution in [0.1, 0.15) is 13.2 Å². The molecule has 4 rings (SSSR count). The molecule has 1 fully saturated rings. The van der Waals surface area contributed by atoms with Crippen LogP contribution >= 0.6 is 7.82 Å². The number of aliphatic hydroxyl groups excluding tert-OH is 1. The van der Waals surface area contributed by atoms with Crippen LogP contribution < -0.4 is 16.6 Å². The minimum atomic E-state index is -4.80. The maximum absolute atomic E-state index is 11.8. The lowest BCUT2D eigenvalue weighted by Crippen LogP contribution is -2.44. The van der Waals surface area contributed by atoms with Gasteiger partial charge in [0, 0.05) is 23.3 Å². The van der Waals surface area contributed by atoms with Gasteiger partial charge in [-0.15, -0.1) is 0 Å². The Labute approximate surface area is 162 Å². The molecule has 0 aliphatic carbocycles. The summed E-state index contributed by atoms with van der Waals surface area (Å²) in [4.78, 5) is 37.7. The van der Waals surface area contributed by atoms with Crippen LogP contribution in [-0.2, 0) is 13.8 Å². The Morgan fingerprint density at radius 3 is 2.90 bits per heavy atom. The normalized spacial score (nSPS) is 28.7. The smallest absolute Gasteiger partial charge is 0.398 e. The van der Waals surface area contributed by atoms with E-state index in [1.807, 2.05) is 0 Å². The fraction of sp³-hybridized carbons (Fsp3) is 0.400. The van der Waals surface area contributed by atoms with E-state index in [1.165, 1.54) is 24.0 Å². The molecular formula is C15H18N5O8P. The van der Waals surface area contributed by atoms with E-state index >= 15 is 0 Å². The van der Waals surface area contributed by atoms with Gasteiger partial charge in [0.05, 0.1) is 18.3 Å². The van der Waals surface area contributed by atoms with E-state index in [0.29, 0.717) is 10.8 Å². The highest BCUT2D eigenvalue weighted by Gasteiger charge is 2.54. The van der Waals surface area contributed by atoms with Crippen molar-refractivity contribution in [1.29, 1.82) is 0 Å². The van der Waals surface area contributed by atoms with Gasteiger partial charge in [0.25, 0.3) is 5.56 Å². The SMILES string of the molecule is C[C@@]1(O)[C@H](O)[C@@H](COP(=O)(O)O)O[C@H]1n1cc2c(N)cc(=O)nc3c2c1N=CN3. The third-order valence-electron chi connectivity index (χ3n) is 4.86. The number of anilines is 2. The highest BCUT2D eigenvalue weighted by Crippen LogP contribution is 2.46. The molecule has 0 unspecified atom stereocenters. The molecule has 0 aromatic carbocycles. The van der Waals surface area contributed by atoms with Gasteiger partial charge < -0.3 is 40.4 Å². The second kappa shape index (κ2) is 6.57. The van der Waals surface area contributed by atoms with Crippen molar-refractivity contribution in [3.63, 3.8) is 0 Å². The fourth-order valence-corrected chi connectivity index (χ4v) is 3.83. The molecule has 0 bridgehead atoms. The van der Waals surface area contributed by atoms with Crippen LogP contribution in [0, 0.1) is 0 Å². The molecule has 0 radical (unpaired) electrons. The van der Waals surface area contributed by atoms with Gasteiger partial charge in [0.2, 0.25) is 0 Å². The molecule has 13 nitrogen and oxygen atoms in total. The number of nitrogens with zero attached hydrogens (tertiary/aromatic N) is 3. The van der Waals surface area contributed by atoms with Gasteiger partial charge in [-0.3, -0.25) is 9.32 Å². The number of phosphoric ester groups is 1. The van der Waals surface area contributed by atoms with Crippen molar-refractivity contribution in [2.24, 2.45) is 4.99 Å². The maximum Gasteiger partial charge on any atom is 0.469 e. The third-order valence-corrected chi connectivity index (χ3v) is 5.34. The molecule has 29 heavy (non-hydrogen) atoms.